The standard InChI is InChI=1S/C12H10ClNO3S/c13-11-6-1-2-7-12(11)14-18(16,17)10-5-3-4-9(15)8-10/h1-8,14-15H. The maximum atomic E-state index is 12.0. The van der Waals surface area contributed by atoms with Gasteiger partial charge >= 0.3 is 0 Å². The first-order valence-electron chi connectivity index (χ1n) is 5.05. The van der Waals surface area contributed by atoms with E-state index in [1.165, 1.54) is 24.3 Å². The molecule has 0 aliphatic heterocycles. The van der Waals surface area contributed by atoms with Crippen molar-refractivity contribution in [1.29, 1.82) is 0 Å². The van der Waals surface area contributed by atoms with E-state index in [-0.39, 0.29) is 10.6 Å². The molecule has 2 rings (SSSR count). The minimum Gasteiger partial charge on any atom is -0.508 e. The zero-order valence-corrected chi connectivity index (χ0v) is 10.7. The molecule has 4 nitrogen and oxygen atoms in total. The average molecular weight is 284 g/mol. The van der Waals surface area contributed by atoms with E-state index in [2.05, 4.69) is 4.72 Å². The monoisotopic (exact) mass is 283 g/mol. The van der Waals surface area contributed by atoms with Gasteiger partial charge in [-0.1, -0.05) is 29.8 Å². The first-order valence-corrected chi connectivity index (χ1v) is 6.91. The van der Waals surface area contributed by atoms with Gasteiger partial charge in [-0.3, -0.25) is 4.72 Å². The Morgan fingerprint density at radius 3 is 2.44 bits per heavy atom. The van der Waals surface area contributed by atoms with Gasteiger partial charge in [0.2, 0.25) is 0 Å². The molecule has 0 saturated heterocycles. The van der Waals surface area contributed by atoms with E-state index in [1.807, 2.05) is 0 Å². The number of hydrogen-bond donors (Lipinski definition) is 2. The van der Waals surface area contributed by atoms with Gasteiger partial charge in [0.25, 0.3) is 10.0 Å². The Morgan fingerprint density at radius 1 is 1.06 bits per heavy atom. The SMILES string of the molecule is O=S(=O)(Nc1ccccc1Cl)c1cccc(O)c1. The quantitative estimate of drug-likeness (QED) is 0.910. The third-order valence-electron chi connectivity index (χ3n) is 2.25. The fraction of sp³-hybridized carbons (Fsp3) is 0. The van der Waals surface area contributed by atoms with Crippen molar-refractivity contribution in [3.05, 3.63) is 53.6 Å². The number of phenolic OH excluding ortho intramolecular Hbond substituents is 1. The number of para-hydroxylation sites is 1. The van der Waals surface area contributed by atoms with E-state index in [1.54, 1.807) is 24.3 Å². The van der Waals surface area contributed by atoms with E-state index >= 15 is 0 Å². The Balaban J connectivity index is 2.37. The van der Waals surface area contributed by atoms with Crippen molar-refractivity contribution in [2.45, 2.75) is 4.90 Å². The number of benzene rings is 2. The summed E-state index contributed by atoms with van der Waals surface area (Å²) in [5.74, 6) is -0.114. The summed E-state index contributed by atoms with van der Waals surface area (Å²) in [4.78, 5) is -0.0255. The van der Waals surface area contributed by atoms with Crippen LogP contribution in [0.3, 0.4) is 0 Å². The largest absolute Gasteiger partial charge is 0.508 e. The molecule has 0 spiro atoms. The number of rotatable bonds is 3. The summed E-state index contributed by atoms with van der Waals surface area (Å²) < 4.78 is 26.4. The van der Waals surface area contributed by atoms with Crippen molar-refractivity contribution in [2.24, 2.45) is 0 Å². The predicted molar refractivity (Wildman–Crippen MR) is 70.4 cm³/mol. The summed E-state index contributed by atoms with van der Waals surface area (Å²) >= 11 is 5.87. The van der Waals surface area contributed by atoms with Crippen molar-refractivity contribution in [3.63, 3.8) is 0 Å². The van der Waals surface area contributed by atoms with Crippen LogP contribution >= 0.6 is 11.6 Å². The maximum absolute atomic E-state index is 12.0. The summed E-state index contributed by atoms with van der Waals surface area (Å²) in [6.07, 6.45) is 0. The number of phenols is 1. The molecule has 0 radical (unpaired) electrons. The van der Waals surface area contributed by atoms with Crippen LogP contribution in [0.4, 0.5) is 5.69 Å². The number of sulfonamides is 1. The molecule has 0 saturated carbocycles. The van der Waals surface area contributed by atoms with Gasteiger partial charge in [0.1, 0.15) is 5.75 Å². The second kappa shape index (κ2) is 4.88. The Labute approximate surface area is 110 Å². The molecule has 0 unspecified atom stereocenters. The fourth-order valence-corrected chi connectivity index (χ4v) is 2.76. The summed E-state index contributed by atoms with van der Waals surface area (Å²) in [7, 11) is -3.75. The van der Waals surface area contributed by atoms with Gasteiger partial charge in [-0.2, -0.15) is 0 Å². The number of aromatic hydroxyl groups is 1. The third-order valence-corrected chi connectivity index (χ3v) is 3.94. The van der Waals surface area contributed by atoms with Crippen LogP contribution in [0.2, 0.25) is 5.02 Å². The van der Waals surface area contributed by atoms with Gasteiger partial charge in [-0.15, -0.1) is 0 Å². The molecule has 0 aliphatic rings. The molecule has 18 heavy (non-hydrogen) atoms. The van der Waals surface area contributed by atoms with Gasteiger partial charge in [-0.05, 0) is 24.3 Å². The first-order chi connectivity index (χ1) is 8.49. The lowest BCUT2D eigenvalue weighted by molar-refractivity contribution is 0.473. The van der Waals surface area contributed by atoms with Gasteiger partial charge in [0.05, 0.1) is 15.6 Å². The molecule has 0 aliphatic carbocycles. The van der Waals surface area contributed by atoms with Crippen LogP contribution in [-0.4, -0.2) is 13.5 Å². The summed E-state index contributed by atoms with van der Waals surface area (Å²) in [6, 6.07) is 11.9. The Bertz CT molecular complexity index is 671. The van der Waals surface area contributed by atoms with E-state index in [4.69, 9.17) is 11.6 Å². The molecular formula is C12H10ClNO3S. The van der Waals surface area contributed by atoms with E-state index in [0.29, 0.717) is 10.7 Å². The molecule has 0 bridgehead atoms. The van der Waals surface area contributed by atoms with Crippen LogP contribution in [0, 0.1) is 0 Å². The molecule has 6 heteroatoms. The average Bonchev–Trinajstić information content (AvgIpc) is 2.32. The summed E-state index contributed by atoms with van der Waals surface area (Å²) in [5.41, 5.74) is 0.294. The van der Waals surface area contributed by atoms with Crippen molar-refractivity contribution in [3.8, 4) is 5.75 Å². The molecule has 2 aromatic rings. The highest BCUT2D eigenvalue weighted by molar-refractivity contribution is 7.92. The topological polar surface area (TPSA) is 66.4 Å². The molecule has 0 heterocycles. The third kappa shape index (κ3) is 2.75. The molecule has 2 aromatic carbocycles. The lowest BCUT2D eigenvalue weighted by Crippen LogP contribution is -2.13. The zero-order chi connectivity index (χ0) is 13.2. The molecule has 0 atom stereocenters. The maximum Gasteiger partial charge on any atom is 0.262 e. The van der Waals surface area contributed by atoms with Crippen LogP contribution in [0.1, 0.15) is 0 Å². The molecule has 94 valence electrons. The molecule has 0 amide bonds. The van der Waals surface area contributed by atoms with Crippen molar-refractivity contribution >= 4 is 27.3 Å². The van der Waals surface area contributed by atoms with E-state index in [0.717, 1.165) is 0 Å². The van der Waals surface area contributed by atoms with Gasteiger partial charge in [0, 0.05) is 6.07 Å². The fourth-order valence-electron chi connectivity index (χ4n) is 1.40. The second-order valence-electron chi connectivity index (χ2n) is 3.58. The minimum absolute atomic E-state index is 0.0255. The van der Waals surface area contributed by atoms with Gasteiger partial charge in [-0.25, -0.2) is 8.42 Å². The van der Waals surface area contributed by atoms with Crippen molar-refractivity contribution in [1.82, 2.24) is 0 Å². The number of hydrogen-bond acceptors (Lipinski definition) is 3. The van der Waals surface area contributed by atoms with Crippen LogP contribution in [0.25, 0.3) is 0 Å². The van der Waals surface area contributed by atoms with Crippen LogP contribution in [0.5, 0.6) is 5.75 Å². The second-order valence-corrected chi connectivity index (χ2v) is 5.67. The van der Waals surface area contributed by atoms with Gasteiger partial charge in [0.15, 0.2) is 0 Å². The zero-order valence-electron chi connectivity index (χ0n) is 9.17. The number of anilines is 1. The minimum atomic E-state index is -3.75. The Kier molecular flexibility index (Phi) is 3.45. The van der Waals surface area contributed by atoms with Crippen molar-refractivity contribution < 1.29 is 13.5 Å². The van der Waals surface area contributed by atoms with Gasteiger partial charge < -0.3 is 5.11 Å². The number of nitrogens with one attached hydrogen (secondary N) is 1. The van der Waals surface area contributed by atoms with E-state index in [9.17, 15) is 13.5 Å². The van der Waals surface area contributed by atoms with Crippen molar-refractivity contribution in [2.75, 3.05) is 4.72 Å². The first kappa shape index (κ1) is 12.7. The van der Waals surface area contributed by atoms with Crippen LogP contribution < -0.4 is 4.72 Å². The smallest absolute Gasteiger partial charge is 0.262 e. The summed E-state index contributed by atoms with van der Waals surface area (Å²) in [6.45, 7) is 0. The number of halogens is 1. The highest BCUT2D eigenvalue weighted by Crippen LogP contribution is 2.24. The normalized spacial score (nSPS) is 11.2. The summed E-state index contributed by atoms with van der Waals surface area (Å²) in [5, 5.41) is 9.59. The lowest BCUT2D eigenvalue weighted by atomic mass is 10.3. The molecule has 0 aromatic heterocycles. The van der Waals surface area contributed by atoms with Crippen LogP contribution in [-0.2, 0) is 10.0 Å². The Morgan fingerprint density at radius 2 is 1.78 bits per heavy atom. The Hall–Kier alpha value is -1.72. The van der Waals surface area contributed by atoms with Crippen LogP contribution in [0.15, 0.2) is 53.4 Å². The predicted octanol–water partition coefficient (Wildman–Crippen LogP) is 2.85. The van der Waals surface area contributed by atoms with E-state index < -0.39 is 10.0 Å². The highest BCUT2D eigenvalue weighted by atomic mass is 35.5. The molecule has 2 N–H and O–H groups in total. The molecular weight excluding hydrogens is 274 g/mol. The highest BCUT2D eigenvalue weighted by Gasteiger charge is 2.15. The lowest BCUT2D eigenvalue weighted by Gasteiger charge is -2.09. The molecule has 0 fully saturated rings.